The molecule has 0 aliphatic carbocycles. The van der Waals surface area contributed by atoms with Crippen molar-refractivity contribution in [1.29, 1.82) is 0 Å². The molecule has 6 heteroatoms. The van der Waals surface area contributed by atoms with Crippen molar-refractivity contribution < 1.29 is 14.7 Å². The fourth-order valence-electron chi connectivity index (χ4n) is 3.47. The molecule has 1 fully saturated rings. The highest BCUT2D eigenvalue weighted by molar-refractivity contribution is 9.10. The predicted octanol–water partition coefficient (Wildman–Crippen LogP) is 3.74. The maximum absolute atomic E-state index is 13.1. The molecule has 0 unspecified atom stereocenters. The summed E-state index contributed by atoms with van der Waals surface area (Å²) < 4.78 is 0.957. The summed E-state index contributed by atoms with van der Waals surface area (Å²) in [7, 11) is 0. The first-order valence-corrected chi connectivity index (χ1v) is 10.4. The zero-order chi connectivity index (χ0) is 21.0. The van der Waals surface area contributed by atoms with E-state index in [1.807, 2.05) is 55.5 Å². The number of amides is 2. The first-order chi connectivity index (χ1) is 13.8. The molecule has 2 N–H and O–H groups in total. The van der Waals surface area contributed by atoms with E-state index in [4.69, 9.17) is 0 Å². The second kappa shape index (κ2) is 8.93. The average molecular weight is 457 g/mol. The minimum absolute atomic E-state index is 0.237. The van der Waals surface area contributed by atoms with Crippen molar-refractivity contribution in [2.45, 2.75) is 32.3 Å². The number of rotatable bonds is 4. The molecule has 2 amide bonds. The number of hydrogen-bond donors (Lipinski definition) is 2. The number of carbonyl (C=O) groups excluding carboxylic acids is 2. The molecule has 0 bridgehead atoms. The van der Waals surface area contributed by atoms with Crippen LogP contribution in [0, 0.1) is 6.92 Å². The van der Waals surface area contributed by atoms with Gasteiger partial charge in [-0.15, -0.1) is 0 Å². The van der Waals surface area contributed by atoms with Crippen LogP contribution < -0.4 is 5.32 Å². The standard InChI is InChI=1S/C23H25BrN2O3/c1-16-3-5-18(6-4-16)15-21(25-17(2)27)22(28)26-13-11-23(29,12-14-26)19-7-9-20(24)10-8-19/h3-10,15,29H,11-14H2,1-2H3,(H,25,27)/b21-15-. The molecular weight excluding hydrogens is 432 g/mol. The Morgan fingerprint density at radius 3 is 2.21 bits per heavy atom. The molecule has 152 valence electrons. The van der Waals surface area contributed by atoms with Gasteiger partial charge in [-0.2, -0.15) is 0 Å². The van der Waals surface area contributed by atoms with Crippen LogP contribution in [0.2, 0.25) is 0 Å². The van der Waals surface area contributed by atoms with Crippen molar-refractivity contribution in [1.82, 2.24) is 10.2 Å². The summed E-state index contributed by atoms with van der Waals surface area (Å²) >= 11 is 3.41. The molecule has 2 aromatic carbocycles. The third-order valence-corrected chi connectivity index (χ3v) is 5.72. The first-order valence-electron chi connectivity index (χ1n) is 9.60. The number of aliphatic hydroxyl groups is 1. The summed E-state index contributed by atoms with van der Waals surface area (Å²) in [6, 6.07) is 15.4. The van der Waals surface area contributed by atoms with Crippen LogP contribution in [0.4, 0.5) is 0 Å². The van der Waals surface area contributed by atoms with Crippen LogP contribution in [-0.2, 0) is 15.2 Å². The molecule has 1 aliphatic heterocycles. The van der Waals surface area contributed by atoms with Gasteiger partial charge in [0.2, 0.25) is 5.91 Å². The van der Waals surface area contributed by atoms with Gasteiger partial charge >= 0.3 is 0 Å². The first kappa shape index (κ1) is 21.3. The minimum atomic E-state index is -0.952. The Bertz CT molecular complexity index is 912. The highest BCUT2D eigenvalue weighted by atomic mass is 79.9. The van der Waals surface area contributed by atoms with Crippen molar-refractivity contribution >= 4 is 33.8 Å². The van der Waals surface area contributed by atoms with Crippen LogP contribution in [0.15, 0.2) is 58.7 Å². The van der Waals surface area contributed by atoms with E-state index in [-0.39, 0.29) is 17.5 Å². The van der Waals surface area contributed by atoms with Crippen molar-refractivity contribution in [2.75, 3.05) is 13.1 Å². The lowest BCUT2D eigenvalue weighted by Crippen LogP contribution is -2.47. The van der Waals surface area contributed by atoms with Gasteiger partial charge in [-0.25, -0.2) is 0 Å². The fourth-order valence-corrected chi connectivity index (χ4v) is 3.73. The number of nitrogens with zero attached hydrogens (tertiary/aromatic N) is 1. The highest BCUT2D eigenvalue weighted by Gasteiger charge is 2.36. The minimum Gasteiger partial charge on any atom is -0.385 e. The van der Waals surface area contributed by atoms with E-state index in [1.165, 1.54) is 6.92 Å². The monoisotopic (exact) mass is 456 g/mol. The quantitative estimate of drug-likeness (QED) is 0.688. The van der Waals surface area contributed by atoms with E-state index in [0.29, 0.717) is 25.9 Å². The van der Waals surface area contributed by atoms with E-state index >= 15 is 0 Å². The molecule has 3 rings (SSSR count). The van der Waals surface area contributed by atoms with Crippen LogP contribution in [0.3, 0.4) is 0 Å². The Morgan fingerprint density at radius 1 is 1.07 bits per heavy atom. The largest absolute Gasteiger partial charge is 0.385 e. The Kier molecular flexibility index (Phi) is 6.55. The van der Waals surface area contributed by atoms with Crippen LogP contribution in [-0.4, -0.2) is 34.9 Å². The summed E-state index contributed by atoms with van der Waals surface area (Å²) in [5.41, 5.74) is 2.11. The molecule has 0 saturated carbocycles. The Morgan fingerprint density at radius 2 is 1.66 bits per heavy atom. The van der Waals surface area contributed by atoms with Gasteiger partial charge in [0.15, 0.2) is 0 Å². The summed E-state index contributed by atoms with van der Waals surface area (Å²) in [5.74, 6) is -0.529. The second-order valence-electron chi connectivity index (χ2n) is 7.48. The molecule has 1 saturated heterocycles. The Balaban J connectivity index is 1.75. The molecule has 5 nitrogen and oxygen atoms in total. The molecule has 2 aromatic rings. The number of hydrogen-bond acceptors (Lipinski definition) is 3. The highest BCUT2D eigenvalue weighted by Crippen LogP contribution is 2.33. The lowest BCUT2D eigenvalue weighted by molar-refractivity contribution is -0.133. The lowest BCUT2D eigenvalue weighted by atomic mass is 9.84. The fraction of sp³-hybridized carbons (Fsp3) is 0.304. The normalized spacial score (nSPS) is 16.4. The zero-order valence-electron chi connectivity index (χ0n) is 16.6. The van der Waals surface area contributed by atoms with Gasteiger partial charge in [-0.1, -0.05) is 57.9 Å². The van der Waals surface area contributed by atoms with Gasteiger partial charge in [0.25, 0.3) is 5.91 Å². The van der Waals surface area contributed by atoms with E-state index in [2.05, 4.69) is 21.2 Å². The number of benzene rings is 2. The molecule has 29 heavy (non-hydrogen) atoms. The summed E-state index contributed by atoms with van der Waals surface area (Å²) in [6.45, 7) is 4.21. The molecule has 1 aliphatic rings. The van der Waals surface area contributed by atoms with E-state index in [1.54, 1.807) is 11.0 Å². The molecule has 0 spiro atoms. The van der Waals surface area contributed by atoms with Gasteiger partial charge in [-0.3, -0.25) is 9.59 Å². The summed E-state index contributed by atoms with van der Waals surface area (Å²) in [5, 5.41) is 13.7. The van der Waals surface area contributed by atoms with Gasteiger partial charge in [0.1, 0.15) is 5.70 Å². The van der Waals surface area contributed by atoms with E-state index in [9.17, 15) is 14.7 Å². The Labute approximate surface area is 179 Å². The molecule has 1 heterocycles. The Hall–Kier alpha value is -2.44. The van der Waals surface area contributed by atoms with Gasteiger partial charge in [-0.05, 0) is 49.1 Å². The molecule has 0 aromatic heterocycles. The maximum Gasteiger partial charge on any atom is 0.270 e. The SMILES string of the molecule is CC(=O)N/C(=C\c1ccc(C)cc1)C(=O)N1CCC(O)(c2ccc(Br)cc2)CC1. The number of carbonyl (C=O) groups is 2. The number of likely N-dealkylation sites (tertiary alicyclic amines) is 1. The summed E-state index contributed by atoms with van der Waals surface area (Å²) in [4.78, 5) is 26.4. The zero-order valence-corrected chi connectivity index (χ0v) is 18.2. The lowest BCUT2D eigenvalue weighted by Gasteiger charge is -2.38. The van der Waals surface area contributed by atoms with Crippen LogP contribution >= 0.6 is 15.9 Å². The predicted molar refractivity (Wildman–Crippen MR) is 117 cm³/mol. The van der Waals surface area contributed by atoms with Crippen molar-refractivity contribution in [3.05, 3.63) is 75.4 Å². The number of halogens is 1. The van der Waals surface area contributed by atoms with E-state index < -0.39 is 5.60 Å². The molecule has 0 atom stereocenters. The topological polar surface area (TPSA) is 69.6 Å². The van der Waals surface area contributed by atoms with Crippen molar-refractivity contribution in [2.24, 2.45) is 0 Å². The van der Waals surface area contributed by atoms with E-state index in [0.717, 1.165) is 21.2 Å². The maximum atomic E-state index is 13.1. The average Bonchev–Trinajstić information content (AvgIpc) is 2.69. The van der Waals surface area contributed by atoms with Crippen LogP contribution in [0.1, 0.15) is 36.5 Å². The second-order valence-corrected chi connectivity index (χ2v) is 8.40. The molecular formula is C23H25BrN2O3. The van der Waals surface area contributed by atoms with Gasteiger partial charge < -0.3 is 15.3 Å². The molecule has 0 radical (unpaired) electrons. The van der Waals surface area contributed by atoms with Crippen molar-refractivity contribution in [3.8, 4) is 0 Å². The number of piperidine rings is 1. The van der Waals surface area contributed by atoms with Gasteiger partial charge in [0.05, 0.1) is 5.60 Å². The van der Waals surface area contributed by atoms with Crippen LogP contribution in [0.5, 0.6) is 0 Å². The van der Waals surface area contributed by atoms with Crippen LogP contribution in [0.25, 0.3) is 6.08 Å². The summed E-state index contributed by atoms with van der Waals surface area (Å²) in [6.07, 6.45) is 2.58. The third kappa shape index (κ3) is 5.34. The third-order valence-electron chi connectivity index (χ3n) is 5.19. The van der Waals surface area contributed by atoms with Gasteiger partial charge in [0, 0.05) is 24.5 Å². The smallest absolute Gasteiger partial charge is 0.270 e. The number of nitrogens with one attached hydrogen (secondary N) is 1. The number of aryl methyl sites for hydroxylation is 1. The van der Waals surface area contributed by atoms with Crippen molar-refractivity contribution in [3.63, 3.8) is 0 Å².